The van der Waals surface area contributed by atoms with Crippen LogP contribution < -0.4 is 5.32 Å². The van der Waals surface area contributed by atoms with Crippen molar-refractivity contribution in [3.8, 4) is 0 Å². The number of hydrogen-bond acceptors (Lipinski definition) is 5. The number of amides is 1. The summed E-state index contributed by atoms with van der Waals surface area (Å²) in [7, 11) is 0. The zero-order valence-corrected chi connectivity index (χ0v) is 17.8. The van der Waals surface area contributed by atoms with E-state index >= 15 is 0 Å². The molecule has 0 bridgehead atoms. The Bertz CT molecular complexity index is 1170. The normalized spacial score (nSPS) is 11.0. The number of para-hydroxylation sites is 1. The van der Waals surface area contributed by atoms with E-state index in [4.69, 9.17) is 0 Å². The van der Waals surface area contributed by atoms with Gasteiger partial charge < -0.3 is 5.32 Å². The number of anilines is 1. The van der Waals surface area contributed by atoms with E-state index in [-0.39, 0.29) is 5.91 Å². The summed E-state index contributed by atoms with van der Waals surface area (Å²) >= 11 is 1.72. The number of aryl methyl sites for hydroxylation is 2. The van der Waals surface area contributed by atoms with Crippen LogP contribution in [0, 0.1) is 13.8 Å². The number of thioether (sulfide) groups is 1. The fourth-order valence-corrected chi connectivity index (χ4v) is 4.36. The molecule has 2 heterocycles. The number of rotatable bonds is 7. The third-order valence-electron chi connectivity index (χ3n) is 4.99. The lowest BCUT2D eigenvalue weighted by Gasteiger charge is -2.12. The Kier molecular flexibility index (Phi) is 6.09. The molecule has 0 unspecified atom stereocenters. The van der Waals surface area contributed by atoms with Crippen LogP contribution in [-0.4, -0.2) is 25.5 Å². The number of nitrogens with one attached hydrogen (secondary N) is 1. The molecule has 152 valence electrons. The van der Waals surface area contributed by atoms with Crippen LogP contribution in [0.1, 0.15) is 28.9 Å². The van der Waals surface area contributed by atoms with E-state index in [0.29, 0.717) is 18.6 Å². The quantitative estimate of drug-likeness (QED) is 0.445. The molecule has 0 atom stereocenters. The van der Waals surface area contributed by atoms with Crippen LogP contribution in [0.2, 0.25) is 0 Å². The van der Waals surface area contributed by atoms with E-state index in [1.54, 1.807) is 16.3 Å². The van der Waals surface area contributed by atoms with Crippen LogP contribution in [0.5, 0.6) is 0 Å². The highest BCUT2D eigenvalue weighted by Crippen LogP contribution is 2.30. The van der Waals surface area contributed by atoms with Gasteiger partial charge in [-0.15, -0.1) is 11.8 Å². The molecular formula is C23H23N5OS. The molecule has 7 heteroatoms. The van der Waals surface area contributed by atoms with Gasteiger partial charge in [0.1, 0.15) is 6.33 Å². The van der Waals surface area contributed by atoms with Gasteiger partial charge in [0.05, 0.1) is 5.69 Å². The zero-order chi connectivity index (χ0) is 20.9. The first-order chi connectivity index (χ1) is 14.6. The second kappa shape index (κ2) is 9.09. The number of fused-ring (bicyclic) bond motifs is 1. The van der Waals surface area contributed by atoms with Gasteiger partial charge in [0.2, 0.25) is 5.91 Å². The minimum Gasteiger partial charge on any atom is -0.325 e. The molecule has 0 saturated carbocycles. The summed E-state index contributed by atoms with van der Waals surface area (Å²) in [6.07, 6.45) is 2.47. The number of benzene rings is 2. The van der Waals surface area contributed by atoms with Crippen molar-refractivity contribution in [3.63, 3.8) is 0 Å². The van der Waals surface area contributed by atoms with Crippen molar-refractivity contribution in [1.29, 1.82) is 0 Å². The fourth-order valence-electron chi connectivity index (χ4n) is 3.40. The standard InChI is InChI=1S/C23H23N5OS/c1-16-19(17(2)28-23(26-16)24-15-25-28)12-13-22(29)27-20-10-6-7-11-21(20)30-14-18-8-4-3-5-9-18/h3-11,15H,12-14H2,1-2H3,(H,27,29). The summed E-state index contributed by atoms with van der Waals surface area (Å²) in [5.74, 6) is 1.43. The van der Waals surface area contributed by atoms with Crippen LogP contribution in [0.3, 0.4) is 0 Å². The van der Waals surface area contributed by atoms with Crippen molar-refractivity contribution in [2.24, 2.45) is 0 Å². The molecule has 4 rings (SSSR count). The molecule has 0 spiro atoms. The van der Waals surface area contributed by atoms with E-state index in [2.05, 4.69) is 32.5 Å². The van der Waals surface area contributed by atoms with Gasteiger partial charge in [0.25, 0.3) is 5.78 Å². The van der Waals surface area contributed by atoms with Crippen molar-refractivity contribution in [3.05, 3.63) is 83.4 Å². The molecule has 0 aliphatic rings. The Balaban J connectivity index is 1.41. The molecule has 30 heavy (non-hydrogen) atoms. The Morgan fingerprint density at radius 3 is 2.67 bits per heavy atom. The Morgan fingerprint density at radius 2 is 1.83 bits per heavy atom. The van der Waals surface area contributed by atoms with Crippen molar-refractivity contribution in [2.45, 2.75) is 37.3 Å². The lowest BCUT2D eigenvalue weighted by Crippen LogP contribution is -2.14. The molecule has 1 N–H and O–H groups in total. The van der Waals surface area contributed by atoms with Gasteiger partial charge in [-0.25, -0.2) is 9.50 Å². The van der Waals surface area contributed by atoms with Gasteiger partial charge >= 0.3 is 0 Å². The Hall–Kier alpha value is -3.19. The lowest BCUT2D eigenvalue weighted by atomic mass is 10.1. The average molecular weight is 418 g/mol. The van der Waals surface area contributed by atoms with E-state index in [9.17, 15) is 4.79 Å². The summed E-state index contributed by atoms with van der Waals surface area (Å²) in [5.41, 5.74) is 5.00. The molecule has 6 nitrogen and oxygen atoms in total. The minimum absolute atomic E-state index is 0.0137. The topological polar surface area (TPSA) is 72.2 Å². The maximum absolute atomic E-state index is 12.7. The van der Waals surface area contributed by atoms with Gasteiger partial charge in [0, 0.05) is 28.5 Å². The average Bonchev–Trinajstić information content (AvgIpc) is 3.22. The second-order valence-electron chi connectivity index (χ2n) is 7.05. The first-order valence-electron chi connectivity index (χ1n) is 9.83. The van der Waals surface area contributed by atoms with Crippen molar-refractivity contribution in [2.75, 3.05) is 5.32 Å². The van der Waals surface area contributed by atoms with Gasteiger partial charge in [-0.05, 0) is 43.5 Å². The van der Waals surface area contributed by atoms with Crippen molar-refractivity contribution in [1.82, 2.24) is 19.6 Å². The van der Waals surface area contributed by atoms with E-state index in [0.717, 1.165) is 33.3 Å². The number of aromatic nitrogens is 4. The summed E-state index contributed by atoms with van der Waals surface area (Å²) < 4.78 is 1.72. The predicted molar refractivity (Wildman–Crippen MR) is 120 cm³/mol. The molecule has 4 aromatic rings. The van der Waals surface area contributed by atoms with Crippen LogP contribution in [0.25, 0.3) is 5.78 Å². The van der Waals surface area contributed by atoms with E-state index < -0.39 is 0 Å². The highest BCUT2D eigenvalue weighted by atomic mass is 32.2. The maximum Gasteiger partial charge on any atom is 0.252 e. The molecular weight excluding hydrogens is 394 g/mol. The highest BCUT2D eigenvalue weighted by Gasteiger charge is 2.13. The molecule has 2 aromatic heterocycles. The minimum atomic E-state index is -0.0137. The molecule has 2 aromatic carbocycles. The second-order valence-corrected chi connectivity index (χ2v) is 8.07. The van der Waals surface area contributed by atoms with Crippen molar-refractivity contribution >= 4 is 29.1 Å². The molecule has 0 saturated heterocycles. The van der Waals surface area contributed by atoms with E-state index in [1.165, 1.54) is 11.9 Å². The van der Waals surface area contributed by atoms with Crippen molar-refractivity contribution < 1.29 is 4.79 Å². The first kappa shape index (κ1) is 20.1. The van der Waals surface area contributed by atoms with Gasteiger partial charge in [-0.2, -0.15) is 10.1 Å². The SMILES string of the molecule is Cc1nc2ncnn2c(C)c1CCC(=O)Nc1ccccc1SCc1ccccc1. The third-order valence-corrected chi connectivity index (χ3v) is 6.13. The summed E-state index contributed by atoms with van der Waals surface area (Å²) in [6, 6.07) is 18.2. The molecule has 0 aliphatic carbocycles. The van der Waals surface area contributed by atoms with E-state index in [1.807, 2.05) is 56.3 Å². The third kappa shape index (κ3) is 4.52. The van der Waals surface area contributed by atoms with Gasteiger partial charge in [-0.3, -0.25) is 4.79 Å². The van der Waals surface area contributed by atoms with Gasteiger partial charge in [0.15, 0.2) is 0 Å². The smallest absolute Gasteiger partial charge is 0.252 e. The van der Waals surface area contributed by atoms with Crippen LogP contribution in [-0.2, 0) is 17.0 Å². The van der Waals surface area contributed by atoms with Crippen LogP contribution in [0.4, 0.5) is 5.69 Å². The summed E-state index contributed by atoms with van der Waals surface area (Å²) in [5, 5.41) is 7.28. The summed E-state index contributed by atoms with van der Waals surface area (Å²) in [4.78, 5) is 22.4. The maximum atomic E-state index is 12.7. The molecule has 1 amide bonds. The lowest BCUT2D eigenvalue weighted by molar-refractivity contribution is -0.116. The Labute approximate surface area is 179 Å². The molecule has 0 aliphatic heterocycles. The summed E-state index contributed by atoms with van der Waals surface area (Å²) in [6.45, 7) is 3.93. The fraction of sp³-hybridized carbons (Fsp3) is 0.217. The van der Waals surface area contributed by atoms with Crippen LogP contribution >= 0.6 is 11.8 Å². The number of carbonyl (C=O) groups excluding carboxylic acids is 1. The predicted octanol–water partition coefficient (Wildman–Crippen LogP) is 4.60. The largest absolute Gasteiger partial charge is 0.325 e. The van der Waals surface area contributed by atoms with Crippen LogP contribution in [0.15, 0.2) is 65.8 Å². The molecule has 0 fully saturated rings. The number of hydrogen-bond donors (Lipinski definition) is 1. The number of nitrogens with zero attached hydrogens (tertiary/aromatic N) is 4. The Morgan fingerprint density at radius 1 is 1.07 bits per heavy atom. The highest BCUT2D eigenvalue weighted by molar-refractivity contribution is 7.98. The zero-order valence-electron chi connectivity index (χ0n) is 17.0. The first-order valence-corrected chi connectivity index (χ1v) is 10.8. The number of carbonyl (C=O) groups is 1. The monoisotopic (exact) mass is 417 g/mol. The van der Waals surface area contributed by atoms with Gasteiger partial charge in [-0.1, -0.05) is 42.5 Å². The molecule has 0 radical (unpaired) electrons.